The maximum atomic E-state index is 14.3. The molecule has 0 radical (unpaired) electrons. The lowest BCUT2D eigenvalue weighted by atomic mass is 9.60. The summed E-state index contributed by atoms with van der Waals surface area (Å²) in [6.45, 7) is 6.38. The molecule has 0 aromatic carbocycles. The van der Waals surface area contributed by atoms with Crippen LogP contribution in [0.1, 0.15) is 90.9 Å². The van der Waals surface area contributed by atoms with Gasteiger partial charge < -0.3 is 4.74 Å². The van der Waals surface area contributed by atoms with Crippen LogP contribution in [-0.2, 0) is 14.8 Å². The number of rotatable bonds is 6. The highest BCUT2D eigenvalue weighted by atomic mass is 32.2. The van der Waals surface area contributed by atoms with Gasteiger partial charge in [-0.1, -0.05) is 26.7 Å². The highest BCUT2D eigenvalue weighted by molar-refractivity contribution is 7.89. The molecule has 41 heavy (non-hydrogen) atoms. The van der Waals surface area contributed by atoms with Gasteiger partial charge in [0.2, 0.25) is 10.0 Å². The van der Waals surface area contributed by atoms with E-state index in [4.69, 9.17) is 4.74 Å². The average Bonchev–Trinajstić information content (AvgIpc) is 2.92. The van der Waals surface area contributed by atoms with Crippen molar-refractivity contribution in [3.05, 3.63) is 0 Å². The Balaban J connectivity index is 1.30. The summed E-state index contributed by atoms with van der Waals surface area (Å²) in [4.78, 5) is 2.40. The van der Waals surface area contributed by atoms with Crippen LogP contribution in [0.4, 0.5) is 17.6 Å². The van der Waals surface area contributed by atoms with Crippen LogP contribution < -0.4 is 0 Å². The Morgan fingerprint density at radius 1 is 0.829 bits per heavy atom. The predicted octanol–water partition coefficient (Wildman–Crippen LogP) is 6.68. The summed E-state index contributed by atoms with van der Waals surface area (Å²) < 4.78 is 91.0. The maximum absolute atomic E-state index is 14.3. The topological polar surface area (TPSA) is 49.9 Å². The second-order valence-corrected chi connectivity index (χ2v) is 16.3. The fraction of sp³-hybridized carbons (Fsp3) is 1.00. The Bertz CT molecular complexity index is 973. The third-order valence-corrected chi connectivity index (χ3v) is 14.6. The summed E-state index contributed by atoms with van der Waals surface area (Å²) in [5.41, 5.74) is 0. The van der Waals surface area contributed by atoms with E-state index in [1.807, 2.05) is 0 Å². The van der Waals surface area contributed by atoms with Crippen molar-refractivity contribution >= 4 is 10.0 Å². The number of nitrogens with zero attached hydrogens (tertiary/aromatic N) is 2. The quantitative estimate of drug-likeness (QED) is 0.316. The second kappa shape index (κ2) is 12.9. The molecule has 3 saturated carbocycles. The molecule has 0 amide bonds. The Kier molecular flexibility index (Phi) is 10.0. The standard InChI is InChI=1S/C31H52F4N2O3S/c1-20-21(2)26(32)15-14-24(20)22-10-12-23(13-11-22)30-27-18-36(16-6-7-17-37(27)28(30)19-40-3)41(38,39)29-9-5-4-8-25(29)31(33,34)35/h20-30H,4-19H2,1-3H3/t20?,21?,22?,23?,24?,25?,26?,27?,28-,29?,30+/m1/s1. The summed E-state index contributed by atoms with van der Waals surface area (Å²) in [5, 5.41) is -1.36. The molecule has 2 aliphatic heterocycles. The number of hydrogen-bond donors (Lipinski definition) is 0. The van der Waals surface area contributed by atoms with E-state index in [2.05, 4.69) is 18.7 Å². The van der Waals surface area contributed by atoms with E-state index in [9.17, 15) is 26.0 Å². The summed E-state index contributed by atoms with van der Waals surface area (Å²) in [7, 11) is -2.36. The molecule has 0 aromatic heterocycles. The number of fused-ring (bicyclic) bond motifs is 1. The molecule has 2 heterocycles. The van der Waals surface area contributed by atoms with Crippen LogP contribution in [0, 0.1) is 41.4 Å². The van der Waals surface area contributed by atoms with Crippen molar-refractivity contribution in [2.45, 2.75) is 121 Å². The van der Waals surface area contributed by atoms with Gasteiger partial charge in [0.25, 0.3) is 0 Å². The molecular formula is C31H52F4N2O3S. The maximum Gasteiger partial charge on any atom is 0.393 e. The molecule has 0 bridgehead atoms. The van der Waals surface area contributed by atoms with Crippen molar-refractivity contribution in [1.29, 1.82) is 0 Å². The lowest BCUT2D eigenvalue weighted by molar-refractivity contribution is -0.180. The van der Waals surface area contributed by atoms with Crippen LogP contribution in [0.25, 0.3) is 0 Å². The lowest BCUT2D eigenvalue weighted by Crippen LogP contribution is -2.71. The van der Waals surface area contributed by atoms with Gasteiger partial charge in [0.15, 0.2) is 0 Å². The largest absolute Gasteiger partial charge is 0.393 e. The zero-order valence-electron chi connectivity index (χ0n) is 25.2. The number of hydrogen-bond acceptors (Lipinski definition) is 4. The SMILES string of the molecule is COC[C@@H]1[C@@H](C2CCC(C3CCC(F)C(C)C3C)CC2)C2CN(S(=O)(=O)C3CCCCC3C(F)(F)F)CCCCN21. The van der Waals surface area contributed by atoms with Crippen LogP contribution in [0.2, 0.25) is 0 Å². The van der Waals surface area contributed by atoms with Crippen LogP contribution in [0.5, 0.6) is 0 Å². The Labute approximate surface area is 245 Å². The van der Waals surface area contributed by atoms with Crippen molar-refractivity contribution in [3.63, 3.8) is 0 Å². The van der Waals surface area contributed by atoms with E-state index in [1.165, 1.54) is 4.31 Å². The fourth-order valence-electron chi connectivity index (χ4n) is 9.76. The van der Waals surface area contributed by atoms with Crippen molar-refractivity contribution in [3.8, 4) is 0 Å². The van der Waals surface area contributed by atoms with Crippen molar-refractivity contribution in [2.24, 2.45) is 41.4 Å². The molecule has 238 valence electrons. The highest BCUT2D eigenvalue weighted by Gasteiger charge is 2.56. The van der Waals surface area contributed by atoms with Gasteiger partial charge in [-0.2, -0.15) is 13.2 Å². The number of ether oxygens (including phenoxy) is 1. The first-order chi connectivity index (χ1) is 19.4. The van der Waals surface area contributed by atoms with E-state index in [-0.39, 0.29) is 36.8 Å². The number of sulfonamides is 1. The first-order valence-electron chi connectivity index (χ1n) is 16.4. The molecule has 5 rings (SSSR count). The zero-order chi connectivity index (χ0) is 29.5. The third-order valence-electron chi connectivity index (χ3n) is 12.2. The molecule has 2 saturated heterocycles. The van der Waals surface area contributed by atoms with Gasteiger partial charge in [-0.3, -0.25) is 4.90 Å². The highest BCUT2D eigenvalue weighted by Crippen LogP contribution is 2.51. The average molecular weight is 609 g/mol. The summed E-state index contributed by atoms with van der Waals surface area (Å²) >= 11 is 0. The molecule has 5 fully saturated rings. The molecule has 9 atom stereocenters. The number of halogens is 4. The summed E-state index contributed by atoms with van der Waals surface area (Å²) in [5.74, 6) is 0.674. The summed E-state index contributed by atoms with van der Waals surface area (Å²) in [6, 6.07) is 0.258. The molecule has 5 nitrogen and oxygen atoms in total. The van der Waals surface area contributed by atoms with Crippen molar-refractivity contribution in [2.75, 3.05) is 33.4 Å². The fourth-order valence-corrected chi connectivity index (χ4v) is 12.1. The van der Waals surface area contributed by atoms with E-state index < -0.39 is 33.5 Å². The molecule has 7 unspecified atom stereocenters. The predicted molar refractivity (Wildman–Crippen MR) is 153 cm³/mol. The Hall–Kier alpha value is -0.450. The van der Waals surface area contributed by atoms with Crippen molar-refractivity contribution < 1.29 is 30.7 Å². The van der Waals surface area contributed by atoms with Gasteiger partial charge in [0, 0.05) is 32.3 Å². The minimum atomic E-state index is -4.49. The van der Waals surface area contributed by atoms with E-state index in [1.54, 1.807) is 7.11 Å². The van der Waals surface area contributed by atoms with E-state index in [0.717, 1.165) is 45.1 Å². The van der Waals surface area contributed by atoms with E-state index >= 15 is 0 Å². The second-order valence-electron chi connectivity index (χ2n) is 14.1. The smallest absolute Gasteiger partial charge is 0.383 e. The molecule has 0 aromatic rings. The van der Waals surface area contributed by atoms with Crippen LogP contribution >= 0.6 is 0 Å². The zero-order valence-corrected chi connectivity index (χ0v) is 26.0. The van der Waals surface area contributed by atoms with Crippen LogP contribution in [0.3, 0.4) is 0 Å². The molecular weight excluding hydrogens is 556 g/mol. The molecule has 0 spiro atoms. The number of methoxy groups -OCH3 is 1. The first-order valence-corrected chi connectivity index (χ1v) is 17.9. The van der Waals surface area contributed by atoms with Gasteiger partial charge in [-0.15, -0.1) is 0 Å². The molecule has 3 aliphatic carbocycles. The third kappa shape index (κ3) is 6.37. The minimum absolute atomic E-state index is 0.0284. The monoisotopic (exact) mass is 608 g/mol. The molecule has 10 heteroatoms. The lowest BCUT2D eigenvalue weighted by Gasteiger charge is -2.60. The van der Waals surface area contributed by atoms with Crippen LogP contribution in [0.15, 0.2) is 0 Å². The van der Waals surface area contributed by atoms with E-state index in [0.29, 0.717) is 69.1 Å². The van der Waals surface area contributed by atoms with Crippen LogP contribution in [-0.4, -0.2) is 80.7 Å². The number of alkyl halides is 4. The van der Waals surface area contributed by atoms with Gasteiger partial charge >= 0.3 is 6.18 Å². The first kappa shape index (κ1) is 32.0. The minimum Gasteiger partial charge on any atom is -0.383 e. The molecule has 0 N–H and O–H groups in total. The van der Waals surface area contributed by atoms with Gasteiger partial charge in [-0.05, 0) is 106 Å². The normalized spacial score (nSPS) is 43.9. The Morgan fingerprint density at radius 3 is 2.17 bits per heavy atom. The molecule has 5 aliphatic rings. The van der Waals surface area contributed by atoms with Crippen molar-refractivity contribution in [1.82, 2.24) is 9.21 Å². The van der Waals surface area contributed by atoms with Gasteiger partial charge in [0.05, 0.1) is 17.8 Å². The Morgan fingerprint density at radius 2 is 1.49 bits per heavy atom. The van der Waals surface area contributed by atoms with Gasteiger partial charge in [0.1, 0.15) is 6.17 Å². The summed E-state index contributed by atoms with van der Waals surface area (Å²) in [6.07, 6.45) is 3.36. The van der Waals surface area contributed by atoms with Gasteiger partial charge in [-0.25, -0.2) is 17.1 Å².